The average Bonchev–Trinajstić information content (AvgIpc) is 3.07. The molecule has 5 nitrogen and oxygen atoms in total. The molecular weight excluding hydrogens is 306 g/mol. The molecule has 2 rings (SSSR count). The van der Waals surface area contributed by atoms with Gasteiger partial charge in [0.1, 0.15) is 29.2 Å². The first-order valence-corrected chi connectivity index (χ1v) is 8.77. The summed E-state index contributed by atoms with van der Waals surface area (Å²) in [4.78, 5) is 0. The van der Waals surface area contributed by atoms with Gasteiger partial charge < -0.3 is 19.3 Å². The Morgan fingerprint density at radius 3 is 2.17 bits per heavy atom. The van der Waals surface area contributed by atoms with E-state index in [1.165, 1.54) is 12.8 Å². The summed E-state index contributed by atoms with van der Waals surface area (Å²) in [6.45, 7) is 6.47. The number of aliphatic hydroxyl groups is 1. The zero-order chi connectivity index (χ0) is 17.5. The lowest BCUT2D eigenvalue weighted by Crippen LogP contribution is -2.24. The van der Waals surface area contributed by atoms with E-state index in [0.717, 1.165) is 12.8 Å². The van der Waals surface area contributed by atoms with Crippen molar-refractivity contribution in [3.8, 4) is 17.6 Å². The Kier molecular flexibility index (Phi) is 6.89. The number of benzene rings is 1. The van der Waals surface area contributed by atoms with Crippen molar-refractivity contribution in [3.63, 3.8) is 0 Å². The van der Waals surface area contributed by atoms with Crippen molar-refractivity contribution in [3.05, 3.63) is 23.3 Å². The summed E-state index contributed by atoms with van der Waals surface area (Å²) in [6.07, 6.45) is 3.59. The molecular formula is C19H27NO4. The van der Waals surface area contributed by atoms with Crippen LogP contribution in [0.2, 0.25) is 0 Å². The Morgan fingerprint density at radius 1 is 1.17 bits per heavy atom. The minimum absolute atomic E-state index is 0.228. The second kappa shape index (κ2) is 8.91. The summed E-state index contributed by atoms with van der Waals surface area (Å²) < 4.78 is 17.1. The lowest BCUT2D eigenvalue weighted by Gasteiger charge is -2.24. The number of hydrogen-bond donors (Lipinski definition) is 1. The molecule has 1 unspecified atom stereocenters. The number of nitriles is 1. The van der Waals surface area contributed by atoms with Gasteiger partial charge >= 0.3 is 0 Å². The molecule has 5 heteroatoms. The molecule has 1 N–H and O–H groups in total. The molecule has 0 radical (unpaired) electrons. The maximum atomic E-state index is 10.7. The number of aliphatic hydroxyl groups excluding tert-OH is 1. The first-order valence-electron chi connectivity index (χ1n) is 8.77. The normalized spacial score (nSPS) is 17.3. The first-order chi connectivity index (χ1) is 11.6. The number of hydrogen-bond acceptors (Lipinski definition) is 5. The van der Waals surface area contributed by atoms with Gasteiger partial charge in [0.2, 0.25) is 0 Å². The van der Waals surface area contributed by atoms with Crippen molar-refractivity contribution in [2.75, 3.05) is 13.2 Å². The molecule has 2 atom stereocenters. The zero-order valence-electron chi connectivity index (χ0n) is 14.7. The third kappa shape index (κ3) is 4.40. The van der Waals surface area contributed by atoms with Gasteiger partial charge in [0.05, 0.1) is 25.4 Å². The summed E-state index contributed by atoms with van der Waals surface area (Å²) in [7, 11) is 0. The van der Waals surface area contributed by atoms with Gasteiger partial charge in [-0.1, -0.05) is 12.8 Å². The molecule has 132 valence electrons. The van der Waals surface area contributed by atoms with Crippen molar-refractivity contribution in [2.45, 2.75) is 64.8 Å². The molecule has 0 heterocycles. The highest BCUT2D eigenvalue weighted by molar-refractivity contribution is 5.55. The van der Waals surface area contributed by atoms with Crippen molar-refractivity contribution < 1.29 is 19.3 Å². The molecule has 1 saturated carbocycles. The topological polar surface area (TPSA) is 71.7 Å². The lowest BCUT2D eigenvalue weighted by molar-refractivity contribution is -0.0660. The average molecular weight is 333 g/mol. The standard InChI is InChI=1S/C19H27NO4/c1-4-22-17-10-14(11-18(23-5-2)16(17)12-20)19(21)13(3)24-15-8-6-7-9-15/h10-11,13,15,19,21H,4-9H2,1-3H3/t13?,19-/m0/s1. The largest absolute Gasteiger partial charge is 0.492 e. The molecule has 0 amide bonds. The molecule has 1 aliphatic rings. The van der Waals surface area contributed by atoms with E-state index in [0.29, 0.717) is 35.8 Å². The predicted octanol–water partition coefficient (Wildman–Crippen LogP) is 3.74. The molecule has 24 heavy (non-hydrogen) atoms. The highest BCUT2D eigenvalue weighted by atomic mass is 16.5. The van der Waals surface area contributed by atoms with Gasteiger partial charge in [-0.3, -0.25) is 0 Å². The van der Waals surface area contributed by atoms with Crippen LogP contribution in [-0.2, 0) is 4.74 Å². The Labute approximate surface area is 144 Å². The maximum Gasteiger partial charge on any atom is 0.141 e. The van der Waals surface area contributed by atoms with Crippen LogP contribution in [0.15, 0.2) is 12.1 Å². The van der Waals surface area contributed by atoms with Crippen LogP contribution in [0.3, 0.4) is 0 Å². The third-order valence-electron chi connectivity index (χ3n) is 4.30. The molecule has 1 aromatic carbocycles. The van der Waals surface area contributed by atoms with Crippen LogP contribution < -0.4 is 9.47 Å². The van der Waals surface area contributed by atoms with E-state index in [1.807, 2.05) is 20.8 Å². The van der Waals surface area contributed by atoms with Crippen molar-refractivity contribution >= 4 is 0 Å². The Balaban J connectivity index is 2.25. The van der Waals surface area contributed by atoms with Gasteiger partial charge in [-0.05, 0) is 51.3 Å². The van der Waals surface area contributed by atoms with Gasteiger partial charge in [0.25, 0.3) is 0 Å². The van der Waals surface area contributed by atoms with E-state index in [9.17, 15) is 10.4 Å². The summed E-state index contributed by atoms with van der Waals surface area (Å²) in [5.41, 5.74) is 1.01. The molecule has 1 aromatic rings. The smallest absolute Gasteiger partial charge is 0.141 e. The molecule has 0 saturated heterocycles. The maximum absolute atomic E-state index is 10.7. The number of ether oxygens (including phenoxy) is 3. The summed E-state index contributed by atoms with van der Waals surface area (Å²) in [5.74, 6) is 0.876. The van der Waals surface area contributed by atoms with Crippen LogP contribution in [0.4, 0.5) is 0 Å². The van der Waals surface area contributed by atoms with Crippen LogP contribution in [0.1, 0.15) is 63.7 Å². The molecule has 0 spiro atoms. The van der Waals surface area contributed by atoms with E-state index in [1.54, 1.807) is 12.1 Å². The summed E-state index contributed by atoms with van der Waals surface area (Å²) in [5, 5.41) is 20.1. The first kappa shape index (κ1) is 18.6. The molecule has 1 aliphatic carbocycles. The van der Waals surface area contributed by atoms with Gasteiger partial charge in [0.15, 0.2) is 0 Å². The number of nitrogens with zero attached hydrogens (tertiary/aromatic N) is 1. The fraction of sp³-hybridized carbons (Fsp3) is 0.632. The van der Waals surface area contributed by atoms with Crippen LogP contribution in [0.25, 0.3) is 0 Å². The van der Waals surface area contributed by atoms with E-state index >= 15 is 0 Å². The predicted molar refractivity (Wildman–Crippen MR) is 91.3 cm³/mol. The zero-order valence-corrected chi connectivity index (χ0v) is 14.7. The van der Waals surface area contributed by atoms with Gasteiger partial charge in [-0.25, -0.2) is 0 Å². The Hall–Kier alpha value is -1.77. The molecule has 1 fully saturated rings. The van der Waals surface area contributed by atoms with Gasteiger partial charge in [0, 0.05) is 0 Å². The molecule has 0 aromatic heterocycles. The highest BCUT2D eigenvalue weighted by Crippen LogP contribution is 2.35. The molecule has 0 bridgehead atoms. The second-order valence-corrected chi connectivity index (χ2v) is 6.06. The van der Waals surface area contributed by atoms with Gasteiger partial charge in [-0.15, -0.1) is 0 Å². The van der Waals surface area contributed by atoms with E-state index < -0.39 is 6.10 Å². The van der Waals surface area contributed by atoms with Gasteiger partial charge in [-0.2, -0.15) is 5.26 Å². The Bertz CT molecular complexity index is 548. The summed E-state index contributed by atoms with van der Waals surface area (Å²) >= 11 is 0. The van der Waals surface area contributed by atoms with Crippen molar-refractivity contribution in [1.29, 1.82) is 5.26 Å². The van der Waals surface area contributed by atoms with Crippen molar-refractivity contribution in [1.82, 2.24) is 0 Å². The van der Waals surface area contributed by atoms with Crippen molar-refractivity contribution in [2.24, 2.45) is 0 Å². The summed E-state index contributed by atoms with van der Waals surface area (Å²) in [6, 6.07) is 5.55. The number of rotatable bonds is 8. The second-order valence-electron chi connectivity index (χ2n) is 6.06. The fourth-order valence-corrected chi connectivity index (χ4v) is 3.10. The third-order valence-corrected chi connectivity index (χ3v) is 4.30. The van der Waals surface area contributed by atoms with E-state index in [-0.39, 0.29) is 12.2 Å². The highest BCUT2D eigenvalue weighted by Gasteiger charge is 2.25. The van der Waals surface area contributed by atoms with Crippen LogP contribution >= 0.6 is 0 Å². The van der Waals surface area contributed by atoms with Crippen LogP contribution in [0.5, 0.6) is 11.5 Å². The van der Waals surface area contributed by atoms with Crippen LogP contribution in [0, 0.1) is 11.3 Å². The SMILES string of the molecule is CCOc1cc([C@@H](O)C(C)OC2CCCC2)cc(OCC)c1C#N. The minimum atomic E-state index is -0.795. The monoisotopic (exact) mass is 333 g/mol. The Morgan fingerprint density at radius 2 is 1.71 bits per heavy atom. The minimum Gasteiger partial charge on any atom is -0.492 e. The van der Waals surface area contributed by atoms with E-state index in [2.05, 4.69) is 6.07 Å². The molecule has 0 aliphatic heterocycles. The fourth-order valence-electron chi connectivity index (χ4n) is 3.10. The quantitative estimate of drug-likeness (QED) is 0.784. The van der Waals surface area contributed by atoms with E-state index in [4.69, 9.17) is 14.2 Å². The lowest BCUT2D eigenvalue weighted by atomic mass is 10.0. The van der Waals surface area contributed by atoms with Crippen LogP contribution in [-0.4, -0.2) is 30.5 Å².